The minimum atomic E-state index is 0.848. The highest BCUT2D eigenvalue weighted by atomic mass is 15.1. The first-order chi connectivity index (χ1) is 7.40. The van der Waals surface area contributed by atoms with E-state index in [1.54, 1.807) is 0 Å². The summed E-state index contributed by atoms with van der Waals surface area (Å²) >= 11 is 0. The summed E-state index contributed by atoms with van der Waals surface area (Å²) in [4.78, 5) is 2.70. The molecule has 0 amide bonds. The molecular formula is C13H26N2. The normalized spacial score (nSPS) is 32.6. The van der Waals surface area contributed by atoms with Crippen LogP contribution in [0.3, 0.4) is 0 Å². The molecule has 0 aromatic carbocycles. The molecule has 0 spiro atoms. The van der Waals surface area contributed by atoms with Gasteiger partial charge in [0.2, 0.25) is 0 Å². The first kappa shape index (κ1) is 11.4. The van der Waals surface area contributed by atoms with E-state index in [1.807, 2.05) is 0 Å². The van der Waals surface area contributed by atoms with E-state index in [0.29, 0.717) is 0 Å². The van der Waals surface area contributed by atoms with Crippen LogP contribution in [0.1, 0.15) is 45.4 Å². The van der Waals surface area contributed by atoms with Crippen LogP contribution in [0, 0.1) is 5.92 Å². The van der Waals surface area contributed by atoms with Crippen LogP contribution in [0.2, 0.25) is 0 Å². The van der Waals surface area contributed by atoms with Crippen molar-refractivity contribution in [3.63, 3.8) is 0 Å². The number of piperidine rings is 2. The number of rotatable bonds is 4. The highest BCUT2D eigenvalue weighted by molar-refractivity contribution is 4.88. The lowest BCUT2D eigenvalue weighted by Gasteiger charge is -2.41. The van der Waals surface area contributed by atoms with Crippen molar-refractivity contribution < 1.29 is 0 Å². The van der Waals surface area contributed by atoms with Gasteiger partial charge in [-0.05, 0) is 51.2 Å². The number of fused-ring (bicyclic) bond motifs is 1. The van der Waals surface area contributed by atoms with Crippen LogP contribution in [0.15, 0.2) is 0 Å². The van der Waals surface area contributed by atoms with Gasteiger partial charge >= 0.3 is 0 Å². The summed E-state index contributed by atoms with van der Waals surface area (Å²) in [5.74, 6) is 0.953. The van der Waals surface area contributed by atoms with Crippen LogP contribution >= 0.6 is 0 Å². The lowest BCUT2D eigenvalue weighted by atomic mass is 9.85. The van der Waals surface area contributed by atoms with E-state index < -0.39 is 0 Å². The summed E-state index contributed by atoms with van der Waals surface area (Å²) in [5, 5.41) is 3.68. The van der Waals surface area contributed by atoms with Gasteiger partial charge in [-0.25, -0.2) is 0 Å². The molecule has 2 atom stereocenters. The van der Waals surface area contributed by atoms with Gasteiger partial charge in [-0.3, -0.25) is 0 Å². The molecule has 1 N–H and O–H groups in total. The van der Waals surface area contributed by atoms with Crippen molar-refractivity contribution in [3.8, 4) is 0 Å². The molecule has 2 saturated heterocycles. The molecule has 2 heteroatoms. The lowest BCUT2D eigenvalue weighted by Crippen LogP contribution is -2.52. The van der Waals surface area contributed by atoms with E-state index in [0.717, 1.165) is 12.0 Å². The smallest absolute Gasteiger partial charge is 0.0120 e. The van der Waals surface area contributed by atoms with E-state index in [-0.39, 0.29) is 0 Å². The minimum absolute atomic E-state index is 0.848. The maximum atomic E-state index is 3.68. The monoisotopic (exact) mass is 210 g/mol. The first-order valence-corrected chi connectivity index (χ1v) is 6.86. The predicted molar refractivity (Wildman–Crippen MR) is 65.1 cm³/mol. The van der Waals surface area contributed by atoms with Gasteiger partial charge in [-0.15, -0.1) is 0 Å². The van der Waals surface area contributed by atoms with Crippen LogP contribution in [0.25, 0.3) is 0 Å². The second-order valence-corrected chi connectivity index (χ2v) is 5.26. The standard InChI is InChI=1S/C13H26N2/c1-2-3-4-9-15-10-7-13-12(11-15)6-5-8-14-13/h12-14H,2-11H2,1H3. The number of hydrogen-bond acceptors (Lipinski definition) is 2. The van der Waals surface area contributed by atoms with Crippen molar-refractivity contribution in [2.24, 2.45) is 5.92 Å². The van der Waals surface area contributed by atoms with E-state index in [4.69, 9.17) is 0 Å². The number of likely N-dealkylation sites (tertiary alicyclic amines) is 1. The molecule has 0 aromatic rings. The maximum absolute atomic E-state index is 3.68. The molecule has 15 heavy (non-hydrogen) atoms. The van der Waals surface area contributed by atoms with Crippen LogP contribution in [-0.2, 0) is 0 Å². The fourth-order valence-corrected chi connectivity index (χ4v) is 3.11. The molecule has 2 rings (SSSR count). The lowest BCUT2D eigenvalue weighted by molar-refractivity contribution is 0.113. The van der Waals surface area contributed by atoms with Crippen LogP contribution in [0.5, 0.6) is 0 Å². The third kappa shape index (κ3) is 3.18. The highest BCUT2D eigenvalue weighted by Gasteiger charge is 2.30. The molecule has 2 unspecified atom stereocenters. The van der Waals surface area contributed by atoms with Crippen LogP contribution in [0.4, 0.5) is 0 Å². The molecule has 0 aliphatic carbocycles. The van der Waals surface area contributed by atoms with Crippen molar-refractivity contribution in [1.29, 1.82) is 0 Å². The fourth-order valence-electron chi connectivity index (χ4n) is 3.11. The Balaban J connectivity index is 1.71. The Hall–Kier alpha value is -0.0800. The van der Waals surface area contributed by atoms with Gasteiger partial charge in [-0.2, -0.15) is 0 Å². The zero-order valence-corrected chi connectivity index (χ0v) is 10.2. The third-order valence-electron chi connectivity index (χ3n) is 4.05. The quantitative estimate of drug-likeness (QED) is 0.716. The average molecular weight is 210 g/mol. The average Bonchev–Trinajstić information content (AvgIpc) is 2.29. The fraction of sp³-hybridized carbons (Fsp3) is 1.00. The van der Waals surface area contributed by atoms with Gasteiger partial charge in [0.15, 0.2) is 0 Å². The van der Waals surface area contributed by atoms with Crippen molar-refractivity contribution in [1.82, 2.24) is 10.2 Å². The van der Waals surface area contributed by atoms with Gasteiger partial charge in [0.1, 0.15) is 0 Å². The topological polar surface area (TPSA) is 15.3 Å². The van der Waals surface area contributed by atoms with Crippen molar-refractivity contribution in [2.75, 3.05) is 26.2 Å². The summed E-state index contributed by atoms with van der Waals surface area (Å²) in [6.07, 6.45) is 8.40. The Morgan fingerprint density at radius 1 is 1.27 bits per heavy atom. The van der Waals surface area contributed by atoms with E-state index in [9.17, 15) is 0 Å². The van der Waals surface area contributed by atoms with Gasteiger partial charge in [-0.1, -0.05) is 19.8 Å². The second-order valence-electron chi connectivity index (χ2n) is 5.26. The van der Waals surface area contributed by atoms with Gasteiger partial charge in [0, 0.05) is 12.6 Å². The predicted octanol–water partition coefficient (Wildman–Crippen LogP) is 2.25. The third-order valence-corrected chi connectivity index (χ3v) is 4.05. The summed E-state index contributed by atoms with van der Waals surface area (Å²) in [6, 6.07) is 0.848. The minimum Gasteiger partial charge on any atom is -0.314 e. The van der Waals surface area contributed by atoms with Crippen molar-refractivity contribution in [3.05, 3.63) is 0 Å². The molecule has 2 heterocycles. The Morgan fingerprint density at radius 3 is 3.07 bits per heavy atom. The Bertz CT molecular complexity index is 179. The first-order valence-electron chi connectivity index (χ1n) is 6.86. The molecule has 2 nitrogen and oxygen atoms in total. The largest absolute Gasteiger partial charge is 0.314 e. The molecule has 0 bridgehead atoms. The van der Waals surface area contributed by atoms with Crippen LogP contribution in [-0.4, -0.2) is 37.1 Å². The SMILES string of the molecule is CCCCCN1CCC2NCCCC2C1. The zero-order chi connectivity index (χ0) is 10.5. The molecule has 0 saturated carbocycles. The van der Waals surface area contributed by atoms with Gasteiger partial charge in [0.25, 0.3) is 0 Å². The molecule has 0 radical (unpaired) electrons. The molecule has 0 aromatic heterocycles. The summed E-state index contributed by atoms with van der Waals surface area (Å²) in [6.45, 7) is 7.59. The van der Waals surface area contributed by atoms with Gasteiger partial charge in [0.05, 0.1) is 0 Å². The Kier molecular flexibility index (Phi) is 4.45. The Morgan fingerprint density at radius 2 is 2.20 bits per heavy atom. The molecule has 88 valence electrons. The molecule has 2 aliphatic heterocycles. The van der Waals surface area contributed by atoms with Crippen LogP contribution < -0.4 is 5.32 Å². The van der Waals surface area contributed by atoms with E-state index >= 15 is 0 Å². The summed E-state index contributed by atoms with van der Waals surface area (Å²) < 4.78 is 0. The second kappa shape index (κ2) is 5.86. The zero-order valence-electron chi connectivity index (χ0n) is 10.2. The number of hydrogen-bond donors (Lipinski definition) is 1. The van der Waals surface area contributed by atoms with E-state index in [2.05, 4.69) is 17.1 Å². The Labute approximate surface area is 94.4 Å². The molecule has 2 fully saturated rings. The van der Waals surface area contributed by atoms with E-state index in [1.165, 1.54) is 64.7 Å². The van der Waals surface area contributed by atoms with Gasteiger partial charge < -0.3 is 10.2 Å². The maximum Gasteiger partial charge on any atom is 0.0120 e. The molecular weight excluding hydrogens is 184 g/mol. The molecule has 2 aliphatic rings. The van der Waals surface area contributed by atoms with Crippen molar-refractivity contribution >= 4 is 0 Å². The number of nitrogens with zero attached hydrogens (tertiary/aromatic N) is 1. The summed E-state index contributed by atoms with van der Waals surface area (Å²) in [5.41, 5.74) is 0. The summed E-state index contributed by atoms with van der Waals surface area (Å²) in [7, 11) is 0. The number of nitrogens with one attached hydrogen (secondary N) is 1. The highest BCUT2D eigenvalue weighted by Crippen LogP contribution is 2.24. The van der Waals surface area contributed by atoms with Crippen molar-refractivity contribution in [2.45, 2.75) is 51.5 Å². The number of unbranched alkanes of at least 4 members (excludes halogenated alkanes) is 2.